The van der Waals surface area contributed by atoms with E-state index in [2.05, 4.69) is 19.9 Å². The third-order valence-electron chi connectivity index (χ3n) is 5.14. The second-order valence-electron chi connectivity index (χ2n) is 7.35. The summed E-state index contributed by atoms with van der Waals surface area (Å²) >= 11 is 8.18. The van der Waals surface area contributed by atoms with Crippen molar-refractivity contribution in [3.05, 3.63) is 64.7 Å². The van der Waals surface area contributed by atoms with E-state index in [0.717, 1.165) is 35.2 Å². The Bertz CT molecular complexity index is 815. The number of ether oxygens (including phenoxy) is 1. The van der Waals surface area contributed by atoms with E-state index < -0.39 is 0 Å². The molecule has 1 heterocycles. The van der Waals surface area contributed by atoms with Crippen molar-refractivity contribution in [2.45, 2.75) is 31.8 Å². The number of methoxy groups -OCH3 is 1. The summed E-state index contributed by atoms with van der Waals surface area (Å²) < 4.78 is 5.33. The zero-order valence-electron chi connectivity index (χ0n) is 16.7. The standard InChI is InChI=1S/C22H27ClN2O2S/c1-16(2)24(14-17-7-6-8-18(13-17)27-3)15-21(26)25-11-12-28-22(25)19-9-4-5-10-20(19)23/h4-10,13,16,22H,11-12,14-15H2,1-3H3/p+1/t22-/m1/s1. The first-order chi connectivity index (χ1) is 13.5. The van der Waals surface area contributed by atoms with Crippen LogP contribution >= 0.6 is 23.4 Å². The molecule has 2 atom stereocenters. The van der Waals surface area contributed by atoms with Crippen LogP contribution in [-0.2, 0) is 11.3 Å². The van der Waals surface area contributed by atoms with Gasteiger partial charge < -0.3 is 14.5 Å². The number of carbonyl (C=O) groups is 1. The van der Waals surface area contributed by atoms with Gasteiger partial charge in [-0.3, -0.25) is 4.79 Å². The van der Waals surface area contributed by atoms with Crippen LogP contribution < -0.4 is 9.64 Å². The van der Waals surface area contributed by atoms with Gasteiger partial charge in [-0.05, 0) is 32.0 Å². The molecule has 1 amide bonds. The monoisotopic (exact) mass is 419 g/mol. The van der Waals surface area contributed by atoms with Gasteiger partial charge in [-0.2, -0.15) is 0 Å². The number of amides is 1. The maximum atomic E-state index is 13.2. The van der Waals surface area contributed by atoms with Crippen molar-refractivity contribution in [1.29, 1.82) is 0 Å². The van der Waals surface area contributed by atoms with Gasteiger partial charge in [-0.15, -0.1) is 11.8 Å². The van der Waals surface area contributed by atoms with Gasteiger partial charge in [0, 0.05) is 28.4 Å². The number of rotatable bonds is 7. The first-order valence-corrected chi connectivity index (χ1v) is 11.0. The average Bonchev–Trinajstić information content (AvgIpc) is 3.17. The zero-order valence-corrected chi connectivity index (χ0v) is 18.2. The lowest BCUT2D eigenvalue weighted by Gasteiger charge is -2.29. The lowest BCUT2D eigenvalue weighted by atomic mass is 10.1. The van der Waals surface area contributed by atoms with Crippen LogP contribution in [0, 0.1) is 0 Å². The summed E-state index contributed by atoms with van der Waals surface area (Å²) in [6.07, 6.45) is 0. The highest BCUT2D eigenvalue weighted by atomic mass is 35.5. The van der Waals surface area contributed by atoms with Crippen molar-refractivity contribution in [2.24, 2.45) is 0 Å². The minimum Gasteiger partial charge on any atom is -0.497 e. The maximum absolute atomic E-state index is 13.2. The fourth-order valence-corrected chi connectivity index (χ4v) is 5.09. The van der Waals surface area contributed by atoms with Gasteiger partial charge >= 0.3 is 0 Å². The molecule has 3 rings (SSSR count). The molecule has 2 aromatic rings. The molecule has 4 nitrogen and oxygen atoms in total. The third-order valence-corrected chi connectivity index (χ3v) is 6.73. The normalized spacial score (nSPS) is 17.8. The van der Waals surface area contributed by atoms with Crippen LogP contribution in [0.4, 0.5) is 0 Å². The van der Waals surface area contributed by atoms with E-state index in [1.807, 2.05) is 47.4 Å². The van der Waals surface area contributed by atoms with Crippen LogP contribution in [0.1, 0.15) is 30.3 Å². The first kappa shape index (κ1) is 21.0. The molecule has 1 saturated heterocycles. The number of quaternary nitrogens is 1. The van der Waals surface area contributed by atoms with Gasteiger partial charge in [0.1, 0.15) is 17.7 Å². The largest absolute Gasteiger partial charge is 0.497 e. The van der Waals surface area contributed by atoms with Crippen molar-refractivity contribution < 1.29 is 14.4 Å². The summed E-state index contributed by atoms with van der Waals surface area (Å²) in [5, 5.41) is 0.732. The Hall–Kier alpha value is -1.69. The molecular formula is C22H28ClN2O2S+. The molecule has 150 valence electrons. The molecule has 0 saturated carbocycles. The second kappa shape index (κ2) is 9.68. The summed E-state index contributed by atoms with van der Waals surface area (Å²) in [6, 6.07) is 16.2. The van der Waals surface area contributed by atoms with Crippen LogP contribution in [0.25, 0.3) is 0 Å². The molecule has 0 radical (unpaired) electrons. The van der Waals surface area contributed by atoms with E-state index in [1.165, 1.54) is 10.5 Å². The molecular weight excluding hydrogens is 392 g/mol. The molecule has 0 aliphatic carbocycles. The summed E-state index contributed by atoms with van der Waals surface area (Å²) in [4.78, 5) is 16.4. The Morgan fingerprint density at radius 3 is 2.79 bits per heavy atom. The number of carbonyl (C=O) groups excluding carboxylic acids is 1. The predicted molar refractivity (Wildman–Crippen MR) is 116 cm³/mol. The smallest absolute Gasteiger partial charge is 0.278 e. The Morgan fingerprint density at radius 2 is 2.07 bits per heavy atom. The van der Waals surface area contributed by atoms with Crippen molar-refractivity contribution in [3.8, 4) is 5.75 Å². The molecule has 28 heavy (non-hydrogen) atoms. The molecule has 6 heteroatoms. The molecule has 1 N–H and O–H groups in total. The van der Waals surface area contributed by atoms with Crippen molar-refractivity contribution in [1.82, 2.24) is 4.90 Å². The minimum absolute atomic E-state index is 0.00596. The average molecular weight is 420 g/mol. The number of nitrogens with zero attached hydrogens (tertiary/aromatic N) is 1. The molecule has 0 aromatic heterocycles. The Labute approximate surface area is 176 Å². The van der Waals surface area contributed by atoms with E-state index in [0.29, 0.717) is 12.6 Å². The number of nitrogens with one attached hydrogen (secondary N) is 1. The summed E-state index contributed by atoms with van der Waals surface area (Å²) in [6.45, 7) is 6.35. The second-order valence-corrected chi connectivity index (χ2v) is 8.95. The van der Waals surface area contributed by atoms with E-state index in [4.69, 9.17) is 16.3 Å². The number of hydrogen-bond donors (Lipinski definition) is 1. The van der Waals surface area contributed by atoms with Gasteiger partial charge in [0.2, 0.25) is 0 Å². The molecule has 1 fully saturated rings. The van der Waals surface area contributed by atoms with Gasteiger partial charge in [0.25, 0.3) is 5.91 Å². The molecule has 2 aromatic carbocycles. The van der Waals surface area contributed by atoms with Crippen molar-refractivity contribution in [2.75, 3.05) is 26.0 Å². The Kier molecular flexibility index (Phi) is 7.27. The van der Waals surface area contributed by atoms with Crippen LogP contribution in [0.15, 0.2) is 48.5 Å². The van der Waals surface area contributed by atoms with Crippen LogP contribution in [0.2, 0.25) is 5.02 Å². The van der Waals surface area contributed by atoms with Gasteiger partial charge in [-0.25, -0.2) is 0 Å². The van der Waals surface area contributed by atoms with Crippen LogP contribution in [0.3, 0.4) is 0 Å². The first-order valence-electron chi connectivity index (χ1n) is 9.62. The highest BCUT2D eigenvalue weighted by molar-refractivity contribution is 7.99. The topological polar surface area (TPSA) is 34.0 Å². The summed E-state index contributed by atoms with van der Waals surface area (Å²) in [7, 11) is 1.68. The van der Waals surface area contributed by atoms with E-state index in [9.17, 15) is 4.79 Å². The Morgan fingerprint density at radius 1 is 1.29 bits per heavy atom. The van der Waals surface area contributed by atoms with Gasteiger partial charge in [0.15, 0.2) is 6.54 Å². The minimum atomic E-state index is 0.00596. The van der Waals surface area contributed by atoms with Crippen LogP contribution in [0.5, 0.6) is 5.75 Å². The molecule has 1 aliphatic heterocycles. The van der Waals surface area contributed by atoms with E-state index >= 15 is 0 Å². The zero-order chi connectivity index (χ0) is 20.1. The Balaban J connectivity index is 1.72. The third kappa shape index (κ3) is 5.02. The van der Waals surface area contributed by atoms with Crippen LogP contribution in [-0.4, -0.2) is 42.8 Å². The molecule has 0 spiro atoms. The van der Waals surface area contributed by atoms with E-state index in [1.54, 1.807) is 18.9 Å². The number of halogens is 1. The fraction of sp³-hybridized carbons (Fsp3) is 0.409. The highest BCUT2D eigenvalue weighted by Crippen LogP contribution is 2.40. The highest BCUT2D eigenvalue weighted by Gasteiger charge is 2.34. The number of hydrogen-bond acceptors (Lipinski definition) is 3. The number of benzene rings is 2. The lowest BCUT2D eigenvalue weighted by molar-refractivity contribution is -0.927. The quantitative estimate of drug-likeness (QED) is 0.746. The van der Waals surface area contributed by atoms with E-state index in [-0.39, 0.29) is 11.3 Å². The lowest BCUT2D eigenvalue weighted by Crippen LogP contribution is -3.14. The predicted octanol–water partition coefficient (Wildman–Crippen LogP) is 3.42. The van der Waals surface area contributed by atoms with Gasteiger partial charge in [0.05, 0.1) is 13.2 Å². The molecule has 0 bridgehead atoms. The van der Waals surface area contributed by atoms with Crippen molar-refractivity contribution in [3.63, 3.8) is 0 Å². The summed E-state index contributed by atoms with van der Waals surface area (Å²) in [5.41, 5.74) is 2.20. The molecule has 1 unspecified atom stereocenters. The SMILES string of the molecule is COc1cccc(C[NH+](CC(=O)N2CCS[C@@H]2c2ccccc2Cl)C(C)C)c1. The van der Waals surface area contributed by atoms with Crippen molar-refractivity contribution >= 4 is 29.3 Å². The van der Waals surface area contributed by atoms with Gasteiger partial charge in [-0.1, -0.05) is 41.9 Å². The molecule has 1 aliphatic rings. The fourth-order valence-electron chi connectivity index (χ4n) is 3.47. The number of thioether (sulfide) groups is 1. The maximum Gasteiger partial charge on any atom is 0.278 e. The summed E-state index contributed by atoms with van der Waals surface area (Å²) in [5.74, 6) is 1.97.